The quantitative estimate of drug-likeness (QED) is 0.149. The molecule has 2 unspecified atom stereocenters. The van der Waals surface area contributed by atoms with Gasteiger partial charge in [0.1, 0.15) is 5.78 Å². The number of ketones is 1. The van der Waals surface area contributed by atoms with Crippen LogP contribution in [0, 0.1) is 17.8 Å². The lowest BCUT2D eigenvalue weighted by atomic mass is 9.87. The van der Waals surface area contributed by atoms with Crippen molar-refractivity contribution in [3.63, 3.8) is 0 Å². The van der Waals surface area contributed by atoms with E-state index in [0.717, 1.165) is 58.0 Å². The zero-order valence-electron chi connectivity index (χ0n) is 24.8. The van der Waals surface area contributed by atoms with Crippen LogP contribution in [-0.2, 0) is 28.5 Å². The van der Waals surface area contributed by atoms with Crippen molar-refractivity contribution >= 4 is 11.8 Å². The smallest absolute Gasteiger partial charge is 0.303 e. The van der Waals surface area contributed by atoms with Crippen molar-refractivity contribution < 1.29 is 38.7 Å². The standard InChI is InChI=1S/C32H54O8/c1-3-4-11-23(2)20-25(39-31-14-7-9-18-37-31)16-17-26-27(21-24(33)12-5-6-13-30(35)36)28(34)22-29(26)40-32-15-8-10-19-38-32/h16-17,23,25-29,31-32,34H,3-15,18-22H2,1-2H3,(H,35,36)/b17-16+/t23-,25+,26+,27+,28-,29+,31?,32?/m0/s1. The Kier molecular flexibility index (Phi) is 15.2. The summed E-state index contributed by atoms with van der Waals surface area (Å²) >= 11 is 0. The molecule has 3 aliphatic rings. The average Bonchev–Trinajstić information content (AvgIpc) is 3.22. The number of hydrogen-bond donors (Lipinski definition) is 2. The minimum absolute atomic E-state index is 0.0685. The van der Waals surface area contributed by atoms with Gasteiger partial charge in [-0.3, -0.25) is 9.59 Å². The Hall–Kier alpha value is -1.32. The van der Waals surface area contributed by atoms with Crippen molar-refractivity contribution in [1.29, 1.82) is 0 Å². The van der Waals surface area contributed by atoms with Gasteiger partial charge in [0.05, 0.1) is 18.3 Å². The maximum Gasteiger partial charge on any atom is 0.303 e. The molecule has 1 saturated carbocycles. The van der Waals surface area contributed by atoms with E-state index in [2.05, 4.69) is 26.0 Å². The van der Waals surface area contributed by atoms with E-state index in [9.17, 15) is 14.7 Å². The molecule has 2 aliphatic heterocycles. The molecule has 0 aromatic carbocycles. The zero-order valence-corrected chi connectivity index (χ0v) is 24.8. The Bertz CT molecular complexity index is 758. The molecule has 3 fully saturated rings. The van der Waals surface area contributed by atoms with E-state index in [1.807, 2.05) is 0 Å². The first-order valence-electron chi connectivity index (χ1n) is 16.0. The second-order valence-electron chi connectivity index (χ2n) is 12.2. The molecule has 2 N–H and O–H groups in total. The number of hydrogen-bond acceptors (Lipinski definition) is 7. The van der Waals surface area contributed by atoms with E-state index in [4.69, 9.17) is 24.1 Å². The van der Waals surface area contributed by atoms with E-state index < -0.39 is 12.1 Å². The maximum atomic E-state index is 12.9. The number of carbonyl (C=O) groups excluding carboxylic acids is 1. The molecule has 0 amide bonds. The minimum Gasteiger partial charge on any atom is -0.481 e. The maximum absolute atomic E-state index is 12.9. The van der Waals surface area contributed by atoms with Gasteiger partial charge in [0, 0.05) is 50.7 Å². The molecule has 0 spiro atoms. The molecular formula is C32H54O8. The van der Waals surface area contributed by atoms with Crippen LogP contribution in [0.2, 0.25) is 0 Å². The fraction of sp³-hybridized carbons (Fsp3) is 0.875. The Morgan fingerprint density at radius 1 is 1.00 bits per heavy atom. The topological polar surface area (TPSA) is 112 Å². The van der Waals surface area contributed by atoms with Crippen LogP contribution in [-0.4, -0.2) is 66.1 Å². The highest BCUT2D eigenvalue weighted by atomic mass is 16.7. The third kappa shape index (κ3) is 11.9. The highest BCUT2D eigenvalue weighted by Gasteiger charge is 2.44. The first-order valence-corrected chi connectivity index (χ1v) is 16.0. The van der Waals surface area contributed by atoms with Crippen LogP contribution in [0.3, 0.4) is 0 Å². The number of aliphatic carboxylic acids is 1. The van der Waals surface area contributed by atoms with Crippen molar-refractivity contribution in [3.8, 4) is 0 Å². The predicted octanol–water partition coefficient (Wildman–Crippen LogP) is 6.18. The monoisotopic (exact) mass is 566 g/mol. The summed E-state index contributed by atoms with van der Waals surface area (Å²) in [7, 11) is 0. The number of rotatable bonds is 18. The number of ether oxygens (including phenoxy) is 4. The van der Waals surface area contributed by atoms with Gasteiger partial charge in [-0.15, -0.1) is 0 Å². The minimum atomic E-state index is -0.840. The number of carbonyl (C=O) groups is 2. The number of aliphatic hydroxyl groups excluding tert-OH is 1. The number of unbranched alkanes of at least 4 members (excludes halogenated alkanes) is 2. The van der Waals surface area contributed by atoms with E-state index in [0.29, 0.717) is 38.2 Å². The van der Waals surface area contributed by atoms with Crippen molar-refractivity contribution in [2.75, 3.05) is 13.2 Å². The summed E-state index contributed by atoms with van der Waals surface area (Å²) in [4.78, 5) is 23.7. The molecule has 40 heavy (non-hydrogen) atoms. The summed E-state index contributed by atoms with van der Waals surface area (Å²) in [5, 5.41) is 20.0. The second kappa shape index (κ2) is 18.3. The Morgan fingerprint density at radius 3 is 2.35 bits per heavy atom. The van der Waals surface area contributed by atoms with Crippen LogP contribution in [0.15, 0.2) is 12.2 Å². The van der Waals surface area contributed by atoms with Gasteiger partial charge in [-0.25, -0.2) is 0 Å². The highest BCUT2D eigenvalue weighted by Crippen LogP contribution is 2.40. The molecule has 2 saturated heterocycles. The molecule has 0 radical (unpaired) electrons. The van der Waals surface area contributed by atoms with Crippen LogP contribution in [0.4, 0.5) is 0 Å². The fourth-order valence-corrected chi connectivity index (χ4v) is 6.28. The first-order chi connectivity index (χ1) is 19.4. The predicted molar refractivity (Wildman–Crippen MR) is 153 cm³/mol. The van der Waals surface area contributed by atoms with E-state index in [1.54, 1.807) is 0 Å². The molecule has 230 valence electrons. The Morgan fingerprint density at radius 2 is 1.70 bits per heavy atom. The largest absolute Gasteiger partial charge is 0.481 e. The lowest BCUT2D eigenvalue weighted by molar-refractivity contribution is -0.193. The van der Waals surface area contributed by atoms with Crippen molar-refractivity contribution in [2.24, 2.45) is 17.8 Å². The van der Waals surface area contributed by atoms with Crippen LogP contribution in [0.1, 0.15) is 117 Å². The van der Waals surface area contributed by atoms with Gasteiger partial charge in [0.25, 0.3) is 0 Å². The normalized spacial score (nSPS) is 30.9. The molecule has 8 atom stereocenters. The van der Waals surface area contributed by atoms with E-state index in [-0.39, 0.29) is 55.2 Å². The molecule has 2 heterocycles. The molecule has 3 rings (SSSR count). The van der Waals surface area contributed by atoms with E-state index in [1.165, 1.54) is 12.8 Å². The van der Waals surface area contributed by atoms with Gasteiger partial charge >= 0.3 is 5.97 Å². The second-order valence-corrected chi connectivity index (χ2v) is 12.2. The lowest BCUT2D eigenvalue weighted by Crippen LogP contribution is -2.32. The molecule has 8 heteroatoms. The Balaban J connectivity index is 1.71. The zero-order chi connectivity index (χ0) is 28.7. The number of carboxylic acids is 1. The third-order valence-corrected chi connectivity index (χ3v) is 8.61. The van der Waals surface area contributed by atoms with Gasteiger partial charge < -0.3 is 29.2 Å². The lowest BCUT2D eigenvalue weighted by Gasteiger charge is -2.30. The summed E-state index contributed by atoms with van der Waals surface area (Å²) in [6, 6.07) is 0. The van der Waals surface area contributed by atoms with Crippen molar-refractivity contribution in [3.05, 3.63) is 12.2 Å². The summed E-state index contributed by atoms with van der Waals surface area (Å²) in [6.45, 7) is 5.91. The molecule has 1 aliphatic carbocycles. The molecular weight excluding hydrogens is 512 g/mol. The van der Waals surface area contributed by atoms with Crippen molar-refractivity contribution in [1.82, 2.24) is 0 Å². The summed E-state index contributed by atoms with van der Waals surface area (Å²) in [5.41, 5.74) is 0. The number of carboxylic acid groups (broad SMARTS) is 1. The summed E-state index contributed by atoms with van der Waals surface area (Å²) < 4.78 is 24.6. The fourth-order valence-electron chi connectivity index (χ4n) is 6.28. The van der Waals surface area contributed by atoms with Crippen LogP contribution >= 0.6 is 0 Å². The summed E-state index contributed by atoms with van der Waals surface area (Å²) in [5.74, 6) is -0.640. The highest BCUT2D eigenvalue weighted by molar-refractivity contribution is 5.78. The van der Waals surface area contributed by atoms with Crippen molar-refractivity contribution in [2.45, 2.75) is 147 Å². The SMILES string of the molecule is CCCC[C@H](C)C[C@@H](/C=C/[C@@H]1[C@@H](CC(=O)CCCCC(=O)O)[C@@H](O)C[C@H]1OC1CCCCO1)OC1CCCCO1. The molecule has 8 nitrogen and oxygen atoms in total. The van der Waals surface area contributed by atoms with Gasteiger partial charge in [0.2, 0.25) is 0 Å². The average molecular weight is 567 g/mol. The first kappa shape index (κ1) is 33.2. The third-order valence-electron chi connectivity index (χ3n) is 8.61. The van der Waals surface area contributed by atoms with Gasteiger partial charge in [0.15, 0.2) is 12.6 Å². The van der Waals surface area contributed by atoms with Gasteiger partial charge in [-0.2, -0.15) is 0 Å². The number of aliphatic hydroxyl groups is 1. The van der Waals surface area contributed by atoms with Crippen LogP contribution in [0.5, 0.6) is 0 Å². The molecule has 0 aromatic rings. The van der Waals surface area contributed by atoms with Gasteiger partial charge in [-0.05, 0) is 63.7 Å². The molecule has 0 bridgehead atoms. The Labute approximate surface area is 241 Å². The molecule has 0 aromatic heterocycles. The van der Waals surface area contributed by atoms with E-state index >= 15 is 0 Å². The van der Waals surface area contributed by atoms with Crippen LogP contribution < -0.4 is 0 Å². The number of Topliss-reactive ketones (excluding diaryl/α,β-unsaturated/α-hetero) is 1. The van der Waals surface area contributed by atoms with Gasteiger partial charge in [-0.1, -0.05) is 45.3 Å². The summed E-state index contributed by atoms with van der Waals surface area (Å²) in [6.07, 6.45) is 15.4. The van der Waals surface area contributed by atoms with Crippen LogP contribution in [0.25, 0.3) is 0 Å².